The Kier molecular flexibility index (Phi) is 2.36. The molecule has 0 bridgehead atoms. The highest BCUT2D eigenvalue weighted by atomic mass is 16.6. The first kappa shape index (κ1) is 10.2. The summed E-state index contributed by atoms with van der Waals surface area (Å²) in [4.78, 5) is 10.3. The molecule has 82 valence electrons. The summed E-state index contributed by atoms with van der Waals surface area (Å²) in [6, 6.07) is 7.62. The molecule has 2 rings (SSSR count). The predicted octanol–water partition coefficient (Wildman–Crippen LogP) is 2.46. The Morgan fingerprint density at radius 3 is 2.75 bits per heavy atom. The number of benzene rings is 2. The summed E-state index contributed by atoms with van der Waals surface area (Å²) in [5, 5.41) is 21.4. The molecule has 2 aromatic carbocycles. The Labute approximate surface area is 91.0 Å². The fourth-order valence-electron chi connectivity index (χ4n) is 1.60. The summed E-state index contributed by atoms with van der Waals surface area (Å²) in [5.74, 6) is 0.192. The number of nitrogens with zero attached hydrogens (tertiary/aromatic N) is 1. The Morgan fingerprint density at radius 1 is 1.38 bits per heavy atom. The van der Waals surface area contributed by atoms with Crippen LogP contribution in [0, 0.1) is 10.1 Å². The van der Waals surface area contributed by atoms with Crippen molar-refractivity contribution in [1.82, 2.24) is 0 Å². The molecule has 0 fully saturated rings. The molecule has 0 spiro atoms. The summed E-state index contributed by atoms with van der Waals surface area (Å²) in [6.07, 6.45) is 0. The predicted molar refractivity (Wildman–Crippen MR) is 58.8 cm³/mol. The highest BCUT2D eigenvalue weighted by Gasteiger charge is 2.13. The number of hydrogen-bond acceptors (Lipinski definition) is 4. The average molecular weight is 219 g/mol. The van der Waals surface area contributed by atoms with E-state index >= 15 is 0 Å². The van der Waals surface area contributed by atoms with E-state index in [0.29, 0.717) is 16.5 Å². The number of fused-ring (bicyclic) bond motifs is 1. The number of phenols is 1. The van der Waals surface area contributed by atoms with Crippen LogP contribution in [0.15, 0.2) is 30.3 Å². The summed E-state index contributed by atoms with van der Waals surface area (Å²) in [7, 11) is 1.43. The van der Waals surface area contributed by atoms with Gasteiger partial charge in [0, 0.05) is 6.07 Å². The molecule has 1 N–H and O–H groups in total. The van der Waals surface area contributed by atoms with Crippen molar-refractivity contribution in [2.24, 2.45) is 0 Å². The molecular weight excluding hydrogens is 210 g/mol. The Hall–Kier alpha value is -2.30. The monoisotopic (exact) mass is 219 g/mol. The van der Waals surface area contributed by atoms with E-state index in [0.717, 1.165) is 0 Å². The second-order valence-electron chi connectivity index (χ2n) is 3.28. The summed E-state index contributed by atoms with van der Waals surface area (Å²) in [6.45, 7) is 0. The number of ether oxygens (including phenoxy) is 1. The van der Waals surface area contributed by atoms with Crippen LogP contribution in [0.2, 0.25) is 0 Å². The fourth-order valence-corrected chi connectivity index (χ4v) is 1.60. The molecule has 5 heteroatoms. The van der Waals surface area contributed by atoms with Crippen LogP contribution >= 0.6 is 0 Å². The number of rotatable bonds is 2. The Balaban J connectivity index is 2.79. The van der Waals surface area contributed by atoms with E-state index in [2.05, 4.69) is 0 Å². The van der Waals surface area contributed by atoms with E-state index in [4.69, 9.17) is 4.74 Å². The molecule has 2 aromatic rings. The topological polar surface area (TPSA) is 72.6 Å². The molecule has 0 atom stereocenters. The maximum atomic E-state index is 10.8. The second kappa shape index (κ2) is 3.69. The lowest BCUT2D eigenvalue weighted by Gasteiger charge is -2.05. The van der Waals surface area contributed by atoms with Gasteiger partial charge in [-0.3, -0.25) is 10.1 Å². The minimum absolute atomic E-state index is 0.0320. The van der Waals surface area contributed by atoms with Gasteiger partial charge in [-0.1, -0.05) is 12.1 Å². The molecule has 0 aliphatic carbocycles. The molecule has 0 aromatic heterocycles. The van der Waals surface area contributed by atoms with Gasteiger partial charge in [-0.2, -0.15) is 0 Å². The van der Waals surface area contributed by atoms with Gasteiger partial charge in [0.2, 0.25) is 0 Å². The van der Waals surface area contributed by atoms with Crippen LogP contribution in [0.5, 0.6) is 11.5 Å². The van der Waals surface area contributed by atoms with Crippen LogP contribution in [0.4, 0.5) is 5.69 Å². The lowest BCUT2D eigenvalue weighted by molar-refractivity contribution is -0.383. The van der Waals surface area contributed by atoms with Gasteiger partial charge < -0.3 is 9.84 Å². The zero-order chi connectivity index (χ0) is 11.7. The molecule has 16 heavy (non-hydrogen) atoms. The van der Waals surface area contributed by atoms with E-state index in [9.17, 15) is 15.2 Å². The number of phenolic OH excluding ortho intramolecular Hbond substituents is 1. The van der Waals surface area contributed by atoms with Gasteiger partial charge in [0.05, 0.1) is 17.4 Å². The van der Waals surface area contributed by atoms with Crippen molar-refractivity contribution in [2.45, 2.75) is 0 Å². The highest BCUT2D eigenvalue weighted by molar-refractivity contribution is 5.93. The molecule has 0 aliphatic heterocycles. The fraction of sp³-hybridized carbons (Fsp3) is 0.0909. The van der Waals surface area contributed by atoms with Gasteiger partial charge in [-0.05, 0) is 17.5 Å². The number of aromatic hydroxyl groups is 1. The van der Waals surface area contributed by atoms with Crippen molar-refractivity contribution in [2.75, 3.05) is 7.11 Å². The molecule has 0 heterocycles. The van der Waals surface area contributed by atoms with Crippen molar-refractivity contribution in [1.29, 1.82) is 0 Å². The van der Waals surface area contributed by atoms with E-state index < -0.39 is 4.92 Å². The van der Waals surface area contributed by atoms with Gasteiger partial charge in [-0.15, -0.1) is 0 Å². The molecule has 0 radical (unpaired) electrons. The maximum absolute atomic E-state index is 10.8. The quantitative estimate of drug-likeness (QED) is 0.622. The smallest absolute Gasteiger partial charge is 0.277 e. The normalized spacial score (nSPS) is 10.3. The number of nitro benzene ring substituents is 1. The minimum Gasteiger partial charge on any atom is -0.504 e. The van der Waals surface area contributed by atoms with Crippen molar-refractivity contribution < 1.29 is 14.8 Å². The molecule has 0 saturated carbocycles. The summed E-state index contributed by atoms with van der Waals surface area (Å²) >= 11 is 0. The summed E-state index contributed by atoms with van der Waals surface area (Å²) < 4.78 is 4.93. The van der Waals surface area contributed by atoms with Gasteiger partial charge >= 0.3 is 0 Å². The molecule has 0 amide bonds. The molecule has 0 saturated heterocycles. The molecule has 0 unspecified atom stereocenters. The van der Waals surface area contributed by atoms with Gasteiger partial charge in [0.1, 0.15) is 0 Å². The number of nitro groups is 1. The number of hydrogen-bond donors (Lipinski definition) is 1. The lowest BCUT2D eigenvalue weighted by Crippen LogP contribution is -1.90. The standard InChI is InChI=1S/C11H9NO4/c1-16-11-5-7-3-2-4-9(12(14)15)8(7)6-10(11)13/h2-6,13H,1H3. The lowest BCUT2D eigenvalue weighted by atomic mass is 10.1. The number of methoxy groups -OCH3 is 1. The van der Waals surface area contributed by atoms with Crippen LogP contribution in [0.1, 0.15) is 0 Å². The molecule has 5 nitrogen and oxygen atoms in total. The zero-order valence-electron chi connectivity index (χ0n) is 8.51. The molecule has 0 aliphatic rings. The van der Waals surface area contributed by atoms with Crippen LogP contribution < -0.4 is 4.74 Å². The van der Waals surface area contributed by atoms with Crippen molar-refractivity contribution >= 4 is 16.5 Å². The molecular formula is C11H9NO4. The van der Waals surface area contributed by atoms with Gasteiger partial charge in [-0.25, -0.2) is 0 Å². The Bertz CT molecular complexity index is 565. The van der Waals surface area contributed by atoms with E-state index in [1.165, 1.54) is 19.2 Å². The first-order valence-electron chi connectivity index (χ1n) is 4.57. The Morgan fingerprint density at radius 2 is 2.12 bits per heavy atom. The largest absolute Gasteiger partial charge is 0.504 e. The average Bonchev–Trinajstić information content (AvgIpc) is 2.27. The van der Waals surface area contributed by atoms with Crippen LogP contribution in [0.25, 0.3) is 10.8 Å². The third-order valence-corrected chi connectivity index (χ3v) is 2.35. The zero-order valence-corrected chi connectivity index (χ0v) is 8.51. The maximum Gasteiger partial charge on any atom is 0.277 e. The summed E-state index contributed by atoms with van der Waals surface area (Å²) in [5.41, 5.74) is -0.0320. The second-order valence-corrected chi connectivity index (χ2v) is 3.28. The van der Waals surface area contributed by atoms with E-state index in [-0.39, 0.29) is 11.4 Å². The van der Waals surface area contributed by atoms with Crippen LogP contribution in [-0.4, -0.2) is 17.1 Å². The van der Waals surface area contributed by atoms with Crippen molar-refractivity contribution in [3.05, 3.63) is 40.4 Å². The minimum atomic E-state index is -0.478. The first-order valence-corrected chi connectivity index (χ1v) is 4.57. The highest BCUT2D eigenvalue weighted by Crippen LogP contribution is 2.35. The first-order chi connectivity index (χ1) is 7.63. The van der Waals surface area contributed by atoms with E-state index in [1.54, 1.807) is 18.2 Å². The van der Waals surface area contributed by atoms with E-state index in [1.807, 2.05) is 0 Å². The van der Waals surface area contributed by atoms with Gasteiger partial charge in [0.15, 0.2) is 11.5 Å². The third-order valence-electron chi connectivity index (χ3n) is 2.35. The number of non-ortho nitro benzene ring substituents is 1. The van der Waals surface area contributed by atoms with Crippen LogP contribution in [0.3, 0.4) is 0 Å². The van der Waals surface area contributed by atoms with Crippen molar-refractivity contribution in [3.8, 4) is 11.5 Å². The van der Waals surface area contributed by atoms with Crippen LogP contribution in [-0.2, 0) is 0 Å². The van der Waals surface area contributed by atoms with Gasteiger partial charge in [0.25, 0.3) is 5.69 Å². The van der Waals surface area contributed by atoms with Crippen molar-refractivity contribution in [3.63, 3.8) is 0 Å². The SMILES string of the molecule is COc1cc2cccc([N+](=O)[O-])c2cc1O. The third kappa shape index (κ3) is 1.52.